The van der Waals surface area contributed by atoms with Crippen molar-refractivity contribution >= 4 is 39.1 Å². The molecule has 0 atom stereocenters. The average molecular weight is 784 g/mol. The summed E-state index contributed by atoms with van der Waals surface area (Å²) in [5.74, 6) is 0. The predicted molar refractivity (Wildman–Crippen MR) is 248 cm³/mol. The highest BCUT2D eigenvalue weighted by atomic mass is 15.5. The van der Waals surface area contributed by atoms with Gasteiger partial charge in [-0.15, -0.1) is 20.4 Å². The van der Waals surface area contributed by atoms with Crippen molar-refractivity contribution in [2.75, 3.05) is 4.90 Å². The highest BCUT2D eigenvalue weighted by molar-refractivity contribution is 5.98. The number of benzene rings is 9. The lowest BCUT2D eigenvalue weighted by Crippen LogP contribution is -2.10. The molecule has 11 rings (SSSR count). The summed E-state index contributed by atoms with van der Waals surface area (Å²) < 4.78 is 0. The molecule has 0 spiro atoms. The van der Waals surface area contributed by atoms with Gasteiger partial charge in [-0.05, 0) is 142 Å². The van der Waals surface area contributed by atoms with Gasteiger partial charge >= 0.3 is 0 Å². The molecule has 9 aromatic carbocycles. The van der Waals surface area contributed by atoms with Crippen LogP contribution in [0.25, 0.3) is 77.9 Å². The maximum Gasteiger partial charge on any atom is 0.113 e. The number of fused-ring (bicyclic) bond motifs is 2. The monoisotopic (exact) mass is 783 g/mol. The zero-order chi connectivity index (χ0) is 40.5. The van der Waals surface area contributed by atoms with E-state index in [0.29, 0.717) is 0 Å². The Hall–Kier alpha value is -8.42. The van der Waals surface area contributed by atoms with Gasteiger partial charge in [0.2, 0.25) is 0 Å². The number of hydrogen-bond acceptors (Lipinski definition) is 5. The van der Waals surface area contributed by atoms with Crippen LogP contribution in [-0.2, 0) is 0 Å². The van der Waals surface area contributed by atoms with E-state index < -0.39 is 0 Å². The van der Waals surface area contributed by atoms with Crippen LogP contribution in [0.2, 0.25) is 0 Å². The molecule has 0 aliphatic rings. The van der Waals surface area contributed by atoms with Crippen LogP contribution in [0.4, 0.5) is 17.1 Å². The van der Waals surface area contributed by atoms with Crippen LogP contribution < -0.4 is 4.90 Å². The third kappa shape index (κ3) is 6.90. The SMILES string of the molecule is c1ccc(-c2cc(-c3ccccc3)c(-c3ccc(N(c4ccc(-n5nc6ccccc6n5)cc4)c4ccc(-n5nc6ccccc6n5)cc4)cc3)c(-c3ccccc3)c2)cc1. The van der Waals surface area contributed by atoms with E-state index in [4.69, 9.17) is 20.4 Å². The number of nitrogens with zero attached hydrogens (tertiary/aromatic N) is 7. The molecule has 7 nitrogen and oxygen atoms in total. The fourth-order valence-electron chi connectivity index (χ4n) is 8.09. The van der Waals surface area contributed by atoms with Crippen LogP contribution in [-0.4, -0.2) is 30.0 Å². The molecule has 11 aromatic rings. The van der Waals surface area contributed by atoms with Gasteiger partial charge in [0, 0.05) is 17.1 Å². The van der Waals surface area contributed by atoms with Gasteiger partial charge < -0.3 is 4.90 Å². The highest BCUT2D eigenvalue weighted by Gasteiger charge is 2.19. The molecule has 7 heteroatoms. The highest BCUT2D eigenvalue weighted by Crippen LogP contribution is 2.44. The van der Waals surface area contributed by atoms with Crippen molar-refractivity contribution in [2.45, 2.75) is 0 Å². The molecule has 61 heavy (non-hydrogen) atoms. The first-order valence-corrected chi connectivity index (χ1v) is 20.3. The Balaban J connectivity index is 1.03. The second kappa shape index (κ2) is 15.4. The Labute approximate surface area is 353 Å². The maximum atomic E-state index is 4.72. The Morgan fingerprint density at radius 2 is 0.607 bits per heavy atom. The first-order chi connectivity index (χ1) is 30.2. The number of rotatable bonds is 9. The summed E-state index contributed by atoms with van der Waals surface area (Å²) in [4.78, 5) is 5.66. The summed E-state index contributed by atoms with van der Waals surface area (Å²) in [7, 11) is 0. The minimum atomic E-state index is 0.855. The lowest BCUT2D eigenvalue weighted by atomic mass is 9.84. The van der Waals surface area contributed by atoms with Crippen LogP contribution in [0.15, 0.2) is 224 Å². The minimum Gasteiger partial charge on any atom is -0.311 e. The molecule has 0 radical (unpaired) electrons. The van der Waals surface area contributed by atoms with Gasteiger partial charge in [-0.2, -0.15) is 9.59 Å². The lowest BCUT2D eigenvalue weighted by molar-refractivity contribution is 0.765. The number of aromatic nitrogens is 6. The van der Waals surface area contributed by atoms with E-state index in [2.05, 4.69) is 181 Å². The number of hydrogen-bond donors (Lipinski definition) is 0. The van der Waals surface area contributed by atoms with E-state index in [-0.39, 0.29) is 0 Å². The van der Waals surface area contributed by atoms with E-state index in [9.17, 15) is 0 Å². The molecule has 288 valence electrons. The van der Waals surface area contributed by atoms with E-state index in [1.807, 2.05) is 48.5 Å². The Kier molecular flexibility index (Phi) is 9.02. The van der Waals surface area contributed by atoms with E-state index in [0.717, 1.165) is 67.2 Å². The van der Waals surface area contributed by atoms with Crippen LogP contribution in [0.5, 0.6) is 0 Å². The quantitative estimate of drug-likeness (QED) is 0.146. The van der Waals surface area contributed by atoms with Crippen LogP contribution >= 0.6 is 0 Å². The zero-order valence-corrected chi connectivity index (χ0v) is 33.0. The third-order valence-corrected chi connectivity index (χ3v) is 11.1. The van der Waals surface area contributed by atoms with Gasteiger partial charge in [0.1, 0.15) is 22.1 Å². The average Bonchev–Trinajstić information content (AvgIpc) is 3.98. The van der Waals surface area contributed by atoms with Gasteiger partial charge in [0.05, 0.1) is 11.4 Å². The van der Waals surface area contributed by atoms with Gasteiger partial charge in [0.25, 0.3) is 0 Å². The molecule has 0 amide bonds. The van der Waals surface area contributed by atoms with Crippen molar-refractivity contribution in [3.8, 4) is 55.9 Å². The fourth-order valence-corrected chi connectivity index (χ4v) is 8.09. The van der Waals surface area contributed by atoms with Crippen LogP contribution in [0.3, 0.4) is 0 Å². The van der Waals surface area contributed by atoms with Gasteiger partial charge in [0.15, 0.2) is 0 Å². The maximum absolute atomic E-state index is 4.72. The Morgan fingerprint density at radius 3 is 0.984 bits per heavy atom. The smallest absolute Gasteiger partial charge is 0.113 e. The second-order valence-corrected chi connectivity index (χ2v) is 14.9. The molecule has 0 bridgehead atoms. The summed E-state index contributed by atoms with van der Waals surface area (Å²) in [5.41, 5.74) is 17.5. The largest absolute Gasteiger partial charge is 0.311 e. The zero-order valence-electron chi connectivity index (χ0n) is 33.0. The van der Waals surface area contributed by atoms with Crippen molar-refractivity contribution in [1.82, 2.24) is 30.0 Å². The normalized spacial score (nSPS) is 11.3. The Bertz CT molecular complexity index is 3020. The molecule has 0 saturated carbocycles. The van der Waals surface area contributed by atoms with E-state index >= 15 is 0 Å². The lowest BCUT2D eigenvalue weighted by Gasteiger charge is -2.26. The summed E-state index contributed by atoms with van der Waals surface area (Å²) in [6, 6.07) is 78.3. The molecular weight excluding hydrogens is 747 g/mol. The van der Waals surface area contributed by atoms with Crippen molar-refractivity contribution in [2.24, 2.45) is 0 Å². The van der Waals surface area contributed by atoms with Crippen molar-refractivity contribution in [3.05, 3.63) is 224 Å². The summed E-state index contributed by atoms with van der Waals surface area (Å²) >= 11 is 0. The van der Waals surface area contributed by atoms with Crippen molar-refractivity contribution < 1.29 is 0 Å². The van der Waals surface area contributed by atoms with Gasteiger partial charge in [-0.3, -0.25) is 0 Å². The standard InChI is InChI=1S/C54H37N7/c1-4-14-38(15-5-1)42-36-48(39-16-6-2-7-17-39)54(49(37-42)40-18-8-3-9-19-40)41-24-26-43(27-25-41)59(44-28-32-46(33-29-44)60-55-50-20-10-11-21-51(50)56-60)45-30-34-47(35-31-45)61-57-52-22-12-13-23-53(52)58-61/h1-37H. The van der Waals surface area contributed by atoms with Crippen molar-refractivity contribution in [3.63, 3.8) is 0 Å². The molecule has 2 heterocycles. The molecule has 0 saturated heterocycles. The van der Waals surface area contributed by atoms with Crippen molar-refractivity contribution in [1.29, 1.82) is 0 Å². The van der Waals surface area contributed by atoms with Crippen LogP contribution in [0.1, 0.15) is 0 Å². The number of anilines is 3. The molecule has 2 aromatic heterocycles. The van der Waals surface area contributed by atoms with Gasteiger partial charge in [-0.25, -0.2) is 0 Å². The third-order valence-electron chi connectivity index (χ3n) is 11.1. The second-order valence-electron chi connectivity index (χ2n) is 14.9. The summed E-state index contributed by atoms with van der Waals surface area (Å²) in [5, 5.41) is 18.9. The van der Waals surface area contributed by atoms with Crippen LogP contribution in [0, 0.1) is 0 Å². The minimum absolute atomic E-state index is 0.855. The molecule has 0 unspecified atom stereocenters. The summed E-state index contributed by atoms with van der Waals surface area (Å²) in [6.45, 7) is 0. The van der Waals surface area contributed by atoms with E-state index in [1.165, 1.54) is 27.8 Å². The van der Waals surface area contributed by atoms with Gasteiger partial charge in [-0.1, -0.05) is 127 Å². The Morgan fingerprint density at radius 1 is 0.279 bits per heavy atom. The first-order valence-electron chi connectivity index (χ1n) is 20.3. The first kappa shape index (κ1) is 35.7. The summed E-state index contributed by atoms with van der Waals surface area (Å²) in [6.07, 6.45) is 0. The van der Waals surface area contributed by atoms with E-state index in [1.54, 1.807) is 9.59 Å². The molecule has 0 aliphatic heterocycles. The topological polar surface area (TPSA) is 64.7 Å². The molecule has 0 aliphatic carbocycles. The predicted octanol–water partition coefficient (Wildman–Crippen LogP) is 13.3. The fraction of sp³-hybridized carbons (Fsp3) is 0. The molecular formula is C54H37N7. The molecule has 0 fully saturated rings. The molecule has 0 N–H and O–H groups in total.